The van der Waals surface area contributed by atoms with E-state index in [1.807, 2.05) is 30.5 Å². The number of para-hydroxylation sites is 1. The molecule has 3 N–H and O–H groups in total. The maximum Gasteiger partial charge on any atom is 0.344 e. The molecule has 1 fully saturated rings. The summed E-state index contributed by atoms with van der Waals surface area (Å²) in [5.74, 6) is -0.994. The van der Waals surface area contributed by atoms with Gasteiger partial charge >= 0.3 is 6.03 Å². The van der Waals surface area contributed by atoms with E-state index in [9.17, 15) is 14.4 Å². The molecule has 1 saturated heterocycles. The Morgan fingerprint density at radius 3 is 2.58 bits per heavy atom. The number of carbonyl (C=O) groups is 3. The van der Waals surface area contributed by atoms with Crippen LogP contribution in [0.25, 0.3) is 10.9 Å². The summed E-state index contributed by atoms with van der Waals surface area (Å²) in [5, 5.41) is 4.37. The van der Waals surface area contributed by atoms with E-state index in [-0.39, 0.29) is 0 Å². The van der Waals surface area contributed by atoms with E-state index in [0.29, 0.717) is 12.0 Å². The molecule has 4 rings (SSSR count). The first-order chi connectivity index (χ1) is 12.6. The number of H-pyrrole nitrogens is 1. The first-order valence-electron chi connectivity index (χ1n) is 8.19. The van der Waals surface area contributed by atoms with Crippen LogP contribution in [0, 0.1) is 0 Å². The van der Waals surface area contributed by atoms with Crippen molar-refractivity contribution in [2.45, 2.75) is 12.5 Å². The topological polar surface area (TPSA) is 94.3 Å². The predicted octanol–water partition coefficient (Wildman–Crippen LogP) is 1.98. The molecule has 1 aliphatic rings. The van der Waals surface area contributed by atoms with Crippen molar-refractivity contribution in [1.29, 1.82) is 0 Å². The SMILES string of the molecule is O=C(NN1C(=O)NC(Cc2c[nH]c3ccccc23)C1=O)c1ccccc1. The third-order valence-corrected chi connectivity index (χ3v) is 4.37. The molecule has 1 aromatic heterocycles. The summed E-state index contributed by atoms with van der Waals surface area (Å²) in [7, 11) is 0. The molecule has 0 bridgehead atoms. The lowest BCUT2D eigenvalue weighted by Gasteiger charge is -2.14. The Morgan fingerprint density at radius 2 is 1.77 bits per heavy atom. The van der Waals surface area contributed by atoms with Gasteiger partial charge in [-0.1, -0.05) is 36.4 Å². The average Bonchev–Trinajstić information content (AvgIpc) is 3.19. The molecular formula is C19H16N4O3. The number of nitrogens with one attached hydrogen (secondary N) is 3. The highest BCUT2D eigenvalue weighted by molar-refractivity contribution is 6.07. The number of hydrogen-bond donors (Lipinski definition) is 3. The minimum absolute atomic E-state index is 0.340. The van der Waals surface area contributed by atoms with Gasteiger partial charge < -0.3 is 10.3 Å². The van der Waals surface area contributed by atoms with Crippen LogP contribution in [0.1, 0.15) is 15.9 Å². The van der Waals surface area contributed by atoms with Crippen LogP contribution in [0.3, 0.4) is 0 Å². The first kappa shape index (κ1) is 15.9. The number of aromatic nitrogens is 1. The molecule has 0 radical (unpaired) electrons. The van der Waals surface area contributed by atoms with Gasteiger partial charge in [0.05, 0.1) is 0 Å². The summed E-state index contributed by atoms with van der Waals surface area (Å²) in [4.78, 5) is 40.0. The number of benzene rings is 2. The summed E-state index contributed by atoms with van der Waals surface area (Å²) in [6.45, 7) is 0. The van der Waals surface area contributed by atoms with Crippen LogP contribution >= 0.6 is 0 Å². The molecule has 2 heterocycles. The molecule has 3 aromatic rings. The monoisotopic (exact) mass is 348 g/mol. The summed E-state index contributed by atoms with van der Waals surface area (Å²) in [6.07, 6.45) is 2.17. The minimum Gasteiger partial charge on any atom is -0.361 e. The second-order valence-corrected chi connectivity index (χ2v) is 6.05. The standard InChI is InChI=1S/C19H16N4O3/c24-17(12-6-2-1-3-7-12)22-23-18(25)16(21-19(23)26)10-13-11-20-15-9-5-4-8-14(13)15/h1-9,11,16,20H,10H2,(H,21,26)(H,22,24). The fourth-order valence-electron chi connectivity index (χ4n) is 3.05. The van der Waals surface area contributed by atoms with Crippen molar-refractivity contribution in [3.8, 4) is 0 Å². The quantitative estimate of drug-likeness (QED) is 0.629. The van der Waals surface area contributed by atoms with Crippen molar-refractivity contribution < 1.29 is 14.4 Å². The second-order valence-electron chi connectivity index (χ2n) is 6.05. The Balaban J connectivity index is 1.49. The zero-order valence-electron chi connectivity index (χ0n) is 13.7. The Kier molecular flexibility index (Phi) is 3.89. The zero-order valence-corrected chi connectivity index (χ0v) is 13.7. The number of nitrogens with zero attached hydrogens (tertiary/aromatic N) is 1. The van der Waals surface area contributed by atoms with Crippen LogP contribution in [-0.4, -0.2) is 33.9 Å². The summed E-state index contributed by atoms with van der Waals surface area (Å²) in [5.41, 5.74) is 4.63. The van der Waals surface area contributed by atoms with E-state index < -0.39 is 23.9 Å². The molecule has 0 spiro atoms. The number of urea groups is 1. The van der Waals surface area contributed by atoms with Crippen LogP contribution in [0.15, 0.2) is 60.8 Å². The number of rotatable bonds is 4. The van der Waals surface area contributed by atoms with Crippen molar-refractivity contribution in [2.24, 2.45) is 0 Å². The largest absolute Gasteiger partial charge is 0.361 e. The van der Waals surface area contributed by atoms with Crippen molar-refractivity contribution in [3.05, 3.63) is 71.9 Å². The van der Waals surface area contributed by atoms with Gasteiger partial charge in [0.2, 0.25) is 0 Å². The smallest absolute Gasteiger partial charge is 0.344 e. The van der Waals surface area contributed by atoms with Gasteiger partial charge in [-0.15, -0.1) is 0 Å². The molecule has 7 heteroatoms. The van der Waals surface area contributed by atoms with Crippen LogP contribution in [0.4, 0.5) is 4.79 Å². The van der Waals surface area contributed by atoms with Gasteiger partial charge in [0, 0.05) is 29.1 Å². The van der Waals surface area contributed by atoms with Crippen molar-refractivity contribution in [1.82, 2.24) is 20.7 Å². The van der Waals surface area contributed by atoms with Crippen molar-refractivity contribution >= 4 is 28.7 Å². The number of amides is 4. The molecule has 4 amide bonds. The molecule has 130 valence electrons. The zero-order chi connectivity index (χ0) is 18.1. The first-order valence-corrected chi connectivity index (χ1v) is 8.19. The average molecular weight is 348 g/mol. The molecule has 1 unspecified atom stereocenters. The third-order valence-electron chi connectivity index (χ3n) is 4.37. The molecule has 1 atom stereocenters. The fourth-order valence-corrected chi connectivity index (χ4v) is 3.05. The van der Waals surface area contributed by atoms with Gasteiger partial charge in [-0.3, -0.25) is 15.0 Å². The third kappa shape index (κ3) is 2.79. The van der Waals surface area contributed by atoms with Gasteiger partial charge in [-0.05, 0) is 23.8 Å². The Bertz CT molecular complexity index is 996. The van der Waals surface area contributed by atoms with E-state index >= 15 is 0 Å². The molecule has 0 aliphatic carbocycles. The number of hydrazine groups is 1. The Hall–Kier alpha value is -3.61. The molecule has 1 aliphatic heterocycles. The summed E-state index contributed by atoms with van der Waals surface area (Å²) in [6, 6.07) is 14.8. The fraction of sp³-hybridized carbons (Fsp3) is 0.105. The molecule has 7 nitrogen and oxygen atoms in total. The van der Waals surface area contributed by atoms with Crippen LogP contribution in [-0.2, 0) is 11.2 Å². The highest BCUT2D eigenvalue weighted by atomic mass is 16.2. The van der Waals surface area contributed by atoms with Crippen molar-refractivity contribution in [3.63, 3.8) is 0 Å². The number of imide groups is 1. The van der Waals surface area contributed by atoms with Crippen LogP contribution < -0.4 is 10.7 Å². The van der Waals surface area contributed by atoms with E-state index in [0.717, 1.165) is 21.5 Å². The number of carbonyl (C=O) groups excluding carboxylic acids is 3. The maximum absolute atomic E-state index is 12.6. The maximum atomic E-state index is 12.6. The number of hydrogen-bond acceptors (Lipinski definition) is 3. The molecule has 2 aromatic carbocycles. The predicted molar refractivity (Wildman–Crippen MR) is 95.1 cm³/mol. The van der Waals surface area contributed by atoms with Gasteiger partial charge in [0.15, 0.2) is 0 Å². The van der Waals surface area contributed by atoms with Crippen LogP contribution in [0.5, 0.6) is 0 Å². The Morgan fingerprint density at radius 1 is 1.04 bits per heavy atom. The number of fused-ring (bicyclic) bond motifs is 1. The van der Waals surface area contributed by atoms with Gasteiger partial charge in [-0.2, -0.15) is 5.01 Å². The second kappa shape index (κ2) is 6.36. The van der Waals surface area contributed by atoms with Crippen molar-refractivity contribution in [2.75, 3.05) is 0 Å². The summed E-state index contributed by atoms with van der Waals surface area (Å²) >= 11 is 0. The normalized spacial score (nSPS) is 16.8. The molecule has 26 heavy (non-hydrogen) atoms. The lowest BCUT2D eigenvalue weighted by molar-refractivity contribution is -0.129. The van der Waals surface area contributed by atoms with E-state index in [1.54, 1.807) is 30.3 Å². The lowest BCUT2D eigenvalue weighted by Crippen LogP contribution is -2.46. The Labute approximate surface area is 149 Å². The summed E-state index contributed by atoms with van der Waals surface area (Å²) < 4.78 is 0. The molecule has 0 saturated carbocycles. The minimum atomic E-state index is -0.724. The lowest BCUT2D eigenvalue weighted by atomic mass is 10.1. The van der Waals surface area contributed by atoms with Crippen LogP contribution in [0.2, 0.25) is 0 Å². The van der Waals surface area contributed by atoms with Gasteiger partial charge in [-0.25, -0.2) is 4.79 Å². The van der Waals surface area contributed by atoms with E-state index in [4.69, 9.17) is 0 Å². The van der Waals surface area contributed by atoms with E-state index in [2.05, 4.69) is 15.7 Å². The highest BCUT2D eigenvalue weighted by Crippen LogP contribution is 2.20. The van der Waals surface area contributed by atoms with E-state index in [1.165, 1.54) is 0 Å². The van der Waals surface area contributed by atoms with Gasteiger partial charge in [0.1, 0.15) is 6.04 Å². The highest BCUT2D eigenvalue weighted by Gasteiger charge is 2.39. The number of aromatic amines is 1. The molecular weight excluding hydrogens is 332 g/mol. The van der Waals surface area contributed by atoms with Gasteiger partial charge in [0.25, 0.3) is 11.8 Å².